The van der Waals surface area contributed by atoms with Crippen molar-refractivity contribution in [2.75, 3.05) is 13.7 Å². The fourth-order valence-electron chi connectivity index (χ4n) is 3.05. The molecule has 29 heavy (non-hydrogen) atoms. The predicted octanol–water partition coefficient (Wildman–Crippen LogP) is 3.22. The van der Waals surface area contributed by atoms with Gasteiger partial charge >= 0.3 is 5.97 Å². The van der Waals surface area contributed by atoms with Crippen molar-refractivity contribution in [2.45, 2.75) is 24.3 Å². The van der Waals surface area contributed by atoms with Crippen LogP contribution in [0.15, 0.2) is 65.8 Å². The summed E-state index contributed by atoms with van der Waals surface area (Å²) in [5.41, 5.74) is 0.600. The van der Waals surface area contributed by atoms with Crippen molar-refractivity contribution in [3.63, 3.8) is 0 Å². The zero-order valence-corrected chi connectivity index (χ0v) is 17.0. The Balaban J connectivity index is 2.00. The Morgan fingerprint density at radius 3 is 2.72 bits per heavy atom. The van der Waals surface area contributed by atoms with Crippen LogP contribution in [0.1, 0.15) is 24.9 Å². The molecule has 8 heteroatoms. The van der Waals surface area contributed by atoms with Gasteiger partial charge in [0, 0.05) is 23.2 Å². The SMILES string of the molecule is CCOC(=O)CC(NS(=O)(=O)c1cccc2cnccc12)c1cccc(OC)c1. The summed E-state index contributed by atoms with van der Waals surface area (Å²) in [5, 5.41) is 1.26. The second kappa shape index (κ2) is 9.02. The number of benzene rings is 2. The van der Waals surface area contributed by atoms with E-state index in [0.29, 0.717) is 22.1 Å². The lowest BCUT2D eigenvalue weighted by Gasteiger charge is -2.20. The molecule has 0 saturated carbocycles. The van der Waals surface area contributed by atoms with Crippen LogP contribution < -0.4 is 9.46 Å². The van der Waals surface area contributed by atoms with Gasteiger partial charge in [-0.2, -0.15) is 0 Å². The first-order chi connectivity index (χ1) is 13.9. The monoisotopic (exact) mass is 414 g/mol. The number of aromatic nitrogens is 1. The molecule has 7 nitrogen and oxygen atoms in total. The molecule has 1 aromatic heterocycles. The molecule has 1 atom stereocenters. The topological polar surface area (TPSA) is 94.6 Å². The lowest BCUT2D eigenvalue weighted by Crippen LogP contribution is -2.31. The van der Waals surface area contributed by atoms with E-state index in [1.165, 1.54) is 13.2 Å². The maximum Gasteiger partial charge on any atom is 0.307 e. The van der Waals surface area contributed by atoms with Gasteiger partial charge in [-0.05, 0) is 36.8 Å². The number of methoxy groups -OCH3 is 1. The maximum absolute atomic E-state index is 13.2. The number of pyridine rings is 1. The number of sulfonamides is 1. The first-order valence-electron chi connectivity index (χ1n) is 9.09. The van der Waals surface area contributed by atoms with Crippen molar-refractivity contribution in [3.8, 4) is 5.75 Å². The quantitative estimate of drug-likeness (QED) is 0.569. The van der Waals surface area contributed by atoms with Crippen LogP contribution in [0.5, 0.6) is 5.75 Å². The molecule has 0 fully saturated rings. The third-order valence-electron chi connectivity index (χ3n) is 4.40. The molecule has 0 aliphatic rings. The van der Waals surface area contributed by atoms with Gasteiger partial charge in [-0.25, -0.2) is 13.1 Å². The minimum absolute atomic E-state index is 0.120. The molecule has 0 saturated heterocycles. The number of nitrogens with zero attached hydrogens (tertiary/aromatic N) is 1. The second-order valence-electron chi connectivity index (χ2n) is 6.31. The molecule has 0 aliphatic carbocycles. The van der Waals surface area contributed by atoms with Gasteiger partial charge in [0.2, 0.25) is 10.0 Å². The molecule has 1 N–H and O–H groups in total. The van der Waals surface area contributed by atoms with Crippen molar-refractivity contribution < 1.29 is 22.7 Å². The Morgan fingerprint density at radius 1 is 1.17 bits per heavy atom. The van der Waals surface area contributed by atoms with Gasteiger partial charge in [-0.3, -0.25) is 9.78 Å². The molecule has 0 aliphatic heterocycles. The fraction of sp³-hybridized carbons (Fsp3) is 0.238. The van der Waals surface area contributed by atoms with Crippen LogP contribution in [-0.2, 0) is 19.6 Å². The van der Waals surface area contributed by atoms with Crippen molar-refractivity contribution in [1.29, 1.82) is 0 Å². The van der Waals surface area contributed by atoms with Crippen LogP contribution in [0.4, 0.5) is 0 Å². The Hall–Kier alpha value is -2.97. The molecular weight excluding hydrogens is 392 g/mol. The maximum atomic E-state index is 13.2. The summed E-state index contributed by atoms with van der Waals surface area (Å²) >= 11 is 0. The minimum atomic E-state index is -3.94. The zero-order valence-electron chi connectivity index (χ0n) is 16.2. The van der Waals surface area contributed by atoms with Gasteiger partial charge in [0.15, 0.2) is 0 Å². The van der Waals surface area contributed by atoms with Crippen LogP contribution >= 0.6 is 0 Å². The zero-order chi connectivity index (χ0) is 20.9. The lowest BCUT2D eigenvalue weighted by molar-refractivity contribution is -0.143. The number of carbonyl (C=O) groups excluding carboxylic acids is 1. The van der Waals surface area contributed by atoms with Crippen molar-refractivity contribution in [2.24, 2.45) is 0 Å². The first-order valence-corrected chi connectivity index (χ1v) is 10.6. The van der Waals surface area contributed by atoms with E-state index >= 15 is 0 Å². The highest BCUT2D eigenvalue weighted by atomic mass is 32.2. The van der Waals surface area contributed by atoms with Gasteiger partial charge in [-0.15, -0.1) is 0 Å². The van der Waals surface area contributed by atoms with Gasteiger partial charge in [0.25, 0.3) is 0 Å². The summed E-state index contributed by atoms with van der Waals surface area (Å²) < 4.78 is 39.3. The van der Waals surface area contributed by atoms with Crippen LogP contribution in [0, 0.1) is 0 Å². The van der Waals surface area contributed by atoms with Gasteiger partial charge in [0.1, 0.15) is 5.75 Å². The van der Waals surface area contributed by atoms with Crippen LogP contribution in [0.3, 0.4) is 0 Å². The Labute approximate surface area is 169 Å². The summed E-state index contributed by atoms with van der Waals surface area (Å²) in [6.45, 7) is 1.92. The minimum Gasteiger partial charge on any atom is -0.497 e. The number of hydrogen-bond donors (Lipinski definition) is 1. The molecule has 2 aromatic carbocycles. The van der Waals surface area contributed by atoms with E-state index in [1.54, 1.807) is 61.8 Å². The van der Waals surface area contributed by atoms with Gasteiger partial charge < -0.3 is 9.47 Å². The van der Waals surface area contributed by atoms with Gasteiger partial charge in [0.05, 0.1) is 31.1 Å². The number of ether oxygens (including phenoxy) is 2. The Bertz CT molecular complexity index is 1110. The first kappa shape index (κ1) is 20.8. The molecule has 3 rings (SSSR count). The molecule has 1 unspecified atom stereocenters. The number of nitrogens with one attached hydrogen (secondary N) is 1. The number of hydrogen-bond acceptors (Lipinski definition) is 6. The molecule has 0 bridgehead atoms. The average Bonchev–Trinajstić information content (AvgIpc) is 2.73. The van der Waals surface area contributed by atoms with Crippen molar-refractivity contribution >= 4 is 26.8 Å². The molecule has 0 spiro atoms. The van der Waals surface area contributed by atoms with Crippen LogP contribution in [-0.4, -0.2) is 33.1 Å². The third-order valence-corrected chi connectivity index (χ3v) is 5.93. The molecule has 3 aromatic rings. The van der Waals surface area contributed by atoms with Crippen LogP contribution in [0.25, 0.3) is 10.8 Å². The number of rotatable bonds is 8. The molecule has 0 amide bonds. The highest BCUT2D eigenvalue weighted by molar-refractivity contribution is 7.89. The number of fused-ring (bicyclic) bond motifs is 1. The van der Waals surface area contributed by atoms with Crippen LogP contribution in [0.2, 0.25) is 0 Å². The molecule has 1 heterocycles. The van der Waals surface area contributed by atoms with E-state index in [-0.39, 0.29) is 17.9 Å². The van der Waals surface area contributed by atoms with E-state index in [2.05, 4.69) is 9.71 Å². The van der Waals surface area contributed by atoms with Crippen molar-refractivity contribution in [1.82, 2.24) is 9.71 Å². The summed E-state index contributed by atoms with van der Waals surface area (Å²) in [5.74, 6) is 0.0666. The normalized spacial score (nSPS) is 12.5. The van der Waals surface area contributed by atoms with E-state index in [9.17, 15) is 13.2 Å². The number of carbonyl (C=O) groups is 1. The highest BCUT2D eigenvalue weighted by Gasteiger charge is 2.26. The molecule has 152 valence electrons. The van der Waals surface area contributed by atoms with E-state index in [1.807, 2.05) is 0 Å². The second-order valence-corrected chi connectivity index (χ2v) is 7.99. The van der Waals surface area contributed by atoms with E-state index in [0.717, 1.165) is 0 Å². The number of esters is 1. The summed E-state index contributed by atoms with van der Waals surface area (Å²) in [6.07, 6.45) is 3.00. The summed E-state index contributed by atoms with van der Waals surface area (Å²) in [4.78, 5) is 16.3. The summed E-state index contributed by atoms with van der Waals surface area (Å²) in [6, 6.07) is 12.7. The average molecular weight is 414 g/mol. The van der Waals surface area contributed by atoms with E-state index in [4.69, 9.17) is 9.47 Å². The predicted molar refractivity (Wildman–Crippen MR) is 109 cm³/mol. The standard InChI is InChI=1S/C21H22N2O5S/c1-3-28-21(24)13-19(15-6-4-8-17(12-15)27-2)23-29(25,26)20-9-5-7-16-14-22-11-10-18(16)20/h4-12,14,19,23H,3,13H2,1-2H3. The third kappa shape index (κ3) is 4.90. The fourth-order valence-corrected chi connectivity index (χ4v) is 4.50. The Kier molecular flexibility index (Phi) is 6.46. The smallest absolute Gasteiger partial charge is 0.307 e. The van der Waals surface area contributed by atoms with E-state index < -0.39 is 22.0 Å². The summed E-state index contributed by atoms with van der Waals surface area (Å²) in [7, 11) is -2.42. The highest BCUT2D eigenvalue weighted by Crippen LogP contribution is 2.27. The Morgan fingerprint density at radius 2 is 1.97 bits per heavy atom. The molecular formula is C21H22N2O5S. The lowest BCUT2D eigenvalue weighted by atomic mass is 10.0. The largest absolute Gasteiger partial charge is 0.497 e. The van der Waals surface area contributed by atoms with Gasteiger partial charge in [-0.1, -0.05) is 24.3 Å². The molecule has 0 radical (unpaired) electrons. The van der Waals surface area contributed by atoms with Crippen molar-refractivity contribution in [3.05, 3.63) is 66.5 Å².